The molecular formula is C92H54BN9. The maximum atomic E-state index is 11.6. The van der Waals surface area contributed by atoms with E-state index in [0.717, 1.165) is 21.5 Å². The number of anilines is 6. The maximum Gasteiger partial charge on any atom is 0.252 e. The first-order chi connectivity index (χ1) is 60.5. The fourth-order valence-corrected chi connectivity index (χ4v) is 16.2. The van der Waals surface area contributed by atoms with Crippen molar-refractivity contribution >= 4 is 166 Å². The molecule has 0 radical (unpaired) electrons. The molecule has 102 heavy (non-hydrogen) atoms. The SMILES string of the molecule is [2H]c1c([2H])c([2H])c2c(c1[2H])c1c([2H])c([2H])c([2H])c([2H])c1n2-c1ccc2c(c1)N(c1ccc(C#N)c(-n3c4ccccc4c4ccccc43)c1)c1cc(-n3c4c([2H])c([2H])c([2H])c([2H])c4c4c([2H])c([2H])c([2H])c([2H])c43)cc3c1B2c1ccc(-n2c4c([2H])c([2H])c([2H])c([2H])c4c4c([2H])c([2H])c([2H])c([2H])c42)cc1N3c1ccc(C#N)c(-n2c3ccccc3c3ccccc32)c1. The van der Waals surface area contributed by atoms with Crippen molar-refractivity contribution in [3.05, 3.63) is 338 Å². The number of hydrogen-bond acceptors (Lipinski definition) is 4. The Hall–Kier alpha value is -14.1. The number of para-hydroxylation sites is 10. The first-order valence-corrected chi connectivity index (χ1v) is 32.7. The van der Waals surface area contributed by atoms with E-state index in [1.807, 2.05) is 128 Å². The Bertz CT molecular complexity index is 7940. The van der Waals surface area contributed by atoms with E-state index < -0.39 is 152 Å². The van der Waals surface area contributed by atoms with Crippen molar-refractivity contribution in [3.63, 3.8) is 0 Å². The lowest BCUT2D eigenvalue weighted by Gasteiger charge is -2.45. The van der Waals surface area contributed by atoms with Gasteiger partial charge in [-0.3, -0.25) is 0 Å². The first-order valence-electron chi connectivity index (χ1n) is 44.7. The molecule has 0 atom stereocenters. The van der Waals surface area contributed by atoms with Gasteiger partial charge in [-0.2, -0.15) is 10.5 Å². The zero-order chi connectivity index (χ0) is 87.9. The lowest BCUT2D eigenvalue weighted by molar-refractivity contribution is 1.13. The van der Waals surface area contributed by atoms with Crippen LogP contribution in [0.25, 0.3) is 137 Å². The molecule has 0 saturated carbocycles. The van der Waals surface area contributed by atoms with Crippen LogP contribution in [0.3, 0.4) is 0 Å². The number of benzene rings is 15. The van der Waals surface area contributed by atoms with Gasteiger partial charge in [0.15, 0.2) is 0 Å². The number of aromatic nitrogens is 5. The van der Waals surface area contributed by atoms with Gasteiger partial charge in [0.05, 0.1) is 116 Å². The average molecular weight is 1320 g/mol. The van der Waals surface area contributed by atoms with Crippen LogP contribution in [0, 0.1) is 22.7 Å². The molecular weight excluding hydrogens is 1240 g/mol. The van der Waals surface area contributed by atoms with Crippen molar-refractivity contribution in [3.8, 4) is 40.6 Å². The Morgan fingerprint density at radius 1 is 0.245 bits per heavy atom. The molecule has 20 aromatic rings. The molecule has 22 rings (SSSR count). The van der Waals surface area contributed by atoms with Crippen LogP contribution in [-0.2, 0) is 0 Å². The van der Waals surface area contributed by atoms with E-state index >= 15 is 0 Å². The van der Waals surface area contributed by atoms with Gasteiger partial charge in [-0.15, -0.1) is 0 Å². The highest BCUT2D eigenvalue weighted by Gasteiger charge is 2.45. The van der Waals surface area contributed by atoms with E-state index in [-0.39, 0.29) is 116 Å². The Morgan fingerprint density at radius 2 is 0.520 bits per heavy atom. The van der Waals surface area contributed by atoms with Gasteiger partial charge in [0, 0.05) is 99.4 Å². The normalized spacial score (nSPS) is 15.9. The Balaban J connectivity index is 0.958. The van der Waals surface area contributed by atoms with Gasteiger partial charge in [-0.25, -0.2) is 0 Å². The van der Waals surface area contributed by atoms with Gasteiger partial charge in [-0.1, -0.05) is 194 Å². The summed E-state index contributed by atoms with van der Waals surface area (Å²) in [5.41, 5.74) is 5.31. The van der Waals surface area contributed by atoms with E-state index in [2.05, 4.69) is 12.1 Å². The Labute approximate surface area is 618 Å². The minimum absolute atomic E-state index is 0.0249. The smallest absolute Gasteiger partial charge is 0.252 e. The third-order valence-corrected chi connectivity index (χ3v) is 20.3. The molecule has 9 nitrogen and oxygen atoms in total. The molecule has 7 heterocycles. The Morgan fingerprint density at radius 3 is 0.843 bits per heavy atom. The summed E-state index contributed by atoms with van der Waals surface area (Å²) >= 11 is 0. The molecule has 0 saturated heterocycles. The van der Waals surface area contributed by atoms with Crippen LogP contribution < -0.4 is 26.2 Å². The van der Waals surface area contributed by atoms with Crippen molar-refractivity contribution in [2.24, 2.45) is 0 Å². The highest BCUT2D eigenvalue weighted by atomic mass is 15.2. The first kappa shape index (κ1) is 37.6. The molecule has 470 valence electrons. The van der Waals surface area contributed by atoms with Crippen LogP contribution in [0.4, 0.5) is 34.1 Å². The molecule has 5 aromatic heterocycles. The quantitative estimate of drug-likeness (QED) is 0.149. The number of hydrogen-bond donors (Lipinski definition) is 0. The second kappa shape index (κ2) is 21.2. The largest absolute Gasteiger partial charge is 0.311 e. The highest BCUT2D eigenvalue weighted by molar-refractivity contribution is 7.00. The van der Waals surface area contributed by atoms with Gasteiger partial charge >= 0.3 is 0 Å². The summed E-state index contributed by atoms with van der Waals surface area (Å²) in [4.78, 5) is 3.71. The highest BCUT2D eigenvalue weighted by Crippen LogP contribution is 2.50. The molecule has 0 bridgehead atoms. The summed E-state index contributed by atoms with van der Waals surface area (Å²) in [6, 6.07) is 43.7. The van der Waals surface area contributed by atoms with E-state index in [1.165, 1.54) is 13.7 Å². The molecule has 10 heteroatoms. The van der Waals surface area contributed by atoms with E-state index in [9.17, 15) is 37.9 Å². The van der Waals surface area contributed by atoms with Crippen molar-refractivity contribution in [1.82, 2.24) is 22.8 Å². The standard InChI is InChI=1S/C92H54BN9/c94-55-57-41-43-59(49-86(57)101-82-37-17-7-27-70(82)71-28-8-18-38-83(71)101)98-88-51-61(96-76-31-11-1-21-64(76)65-22-2-12-32-77(65)96)45-47-74(88)93-75-48-46-62(97-78-33-13-3-23-66(78)67-24-4-14-34-79(67)97)52-89(75)99(60-44-42-58(56-95)87(50-60)102-84-39-19-9-29-72(84)73-30-10-20-40-85(73)102)91-54-63(53-90(98)92(91)93)100-80-35-15-5-25-68(80)69-26-6-16-36-81(69)100/h1-54H/i1D,2D,3D,4D,5D,6D,11D,12D,13D,14D,15D,16D,21D,22D,23D,24D,25D,26D,31D,32D,33D,34D,35D,36D. The molecule has 0 N–H and O–H groups in total. The second-order valence-corrected chi connectivity index (χ2v) is 25.2. The van der Waals surface area contributed by atoms with Crippen LogP contribution in [-0.4, -0.2) is 29.5 Å². The van der Waals surface area contributed by atoms with Crippen molar-refractivity contribution in [1.29, 1.82) is 10.5 Å². The summed E-state index contributed by atoms with van der Waals surface area (Å²) in [5, 5.41) is 25.0. The van der Waals surface area contributed by atoms with Crippen LogP contribution in [0.5, 0.6) is 0 Å². The number of nitrogens with zero attached hydrogens (tertiary/aromatic N) is 9. The molecule has 0 aliphatic carbocycles. The summed E-state index contributed by atoms with van der Waals surface area (Å²) < 4.78 is 236. The van der Waals surface area contributed by atoms with Crippen LogP contribution in [0.1, 0.15) is 44.0 Å². The van der Waals surface area contributed by atoms with E-state index in [1.54, 1.807) is 72.8 Å². The topological polar surface area (TPSA) is 78.7 Å². The predicted molar refractivity (Wildman–Crippen MR) is 422 cm³/mol. The molecule has 0 spiro atoms. The number of rotatable bonds is 7. The molecule has 0 amide bonds. The average Bonchev–Trinajstić information content (AvgIpc) is 1.33. The zero-order valence-electron chi connectivity index (χ0n) is 76.9. The summed E-state index contributed by atoms with van der Waals surface area (Å²) in [5.74, 6) is 0. The minimum Gasteiger partial charge on any atom is -0.311 e. The fourth-order valence-electron chi connectivity index (χ4n) is 16.2. The maximum absolute atomic E-state index is 11.6. The van der Waals surface area contributed by atoms with Crippen molar-refractivity contribution < 1.29 is 32.9 Å². The van der Waals surface area contributed by atoms with Crippen LogP contribution in [0.15, 0.2) is 327 Å². The fraction of sp³-hybridized carbons (Fsp3) is 0. The van der Waals surface area contributed by atoms with Gasteiger partial charge in [0.25, 0.3) is 6.71 Å². The number of nitriles is 2. The molecule has 0 unspecified atom stereocenters. The molecule has 0 fully saturated rings. The lowest BCUT2D eigenvalue weighted by atomic mass is 9.33. The zero-order valence-corrected chi connectivity index (χ0v) is 52.9. The van der Waals surface area contributed by atoms with Crippen LogP contribution in [0.2, 0.25) is 0 Å². The van der Waals surface area contributed by atoms with Gasteiger partial charge in [-0.05, 0) is 150 Å². The van der Waals surface area contributed by atoms with Crippen molar-refractivity contribution in [2.75, 3.05) is 9.80 Å². The van der Waals surface area contributed by atoms with Gasteiger partial charge in [0.1, 0.15) is 12.1 Å². The monoisotopic (exact) mass is 1320 g/mol. The predicted octanol–water partition coefficient (Wildman–Crippen LogP) is 21.0. The van der Waals surface area contributed by atoms with Crippen molar-refractivity contribution in [2.45, 2.75) is 0 Å². The van der Waals surface area contributed by atoms with Crippen LogP contribution >= 0.6 is 0 Å². The third-order valence-electron chi connectivity index (χ3n) is 20.3. The van der Waals surface area contributed by atoms with E-state index in [4.69, 9.17) is 5.48 Å². The second-order valence-electron chi connectivity index (χ2n) is 25.2. The minimum atomic E-state index is -1.12. The molecule has 15 aromatic carbocycles. The Kier molecular flexibility index (Phi) is 7.83. The van der Waals surface area contributed by atoms with Gasteiger partial charge in [0.2, 0.25) is 0 Å². The summed E-state index contributed by atoms with van der Waals surface area (Å²) in [7, 11) is 0. The summed E-state index contributed by atoms with van der Waals surface area (Å²) in [6.45, 7) is -1.12. The number of fused-ring (bicyclic) bond motifs is 19. The van der Waals surface area contributed by atoms with Gasteiger partial charge < -0.3 is 32.6 Å². The lowest BCUT2D eigenvalue weighted by Crippen LogP contribution is -2.61. The van der Waals surface area contributed by atoms with E-state index in [0.29, 0.717) is 61.2 Å². The summed E-state index contributed by atoms with van der Waals surface area (Å²) in [6.07, 6.45) is 0. The molecule has 2 aliphatic heterocycles. The molecule has 2 aliphatic rings. The third kappa shape index (κ3) is 7.69.